The van der Waals surface area contributed by atoms with Crippen LogP contribution in [-0.4, -0.2) is 16.6 Å². The molecule has 3 nitrogen and oxygen atoms in total. The SMILES string of the molecule is CCCC[Si](C)(CCCC)O[P+](=O)O[Si](C)(CCCC)CCCC. The van der Waals surface area contributed by atoms with Crippen LogP contribution < -0.4 is 0 Å². The molecule has 0 saturated heterocycles. The zero-order chi connectivity index (χ0) is 18.5. The van der Waals surface area contributed by atoms with Crippen molar-refractivity contribution in [3.05, 3.63) is 0 Å². The summed E-state index contributed by atoms with van der Waals surface area (Å²) < 4.78 is 25.0. The van der Waals surface area contributed by atoms with E-state index < -0.39 is 24.9 Å². The van der Waals surface area contributed by atoms with Crippen molar-refractivity contribution in [1.82, 2.24) is 0 Å². The van der Waals surface area contributed by atoms with Gasteiger partial charge in [-0.15, -0.1) is 0 Å². The lowest BCUT2D eigenvalue weighted by Crippen LogP contribution is -2.35. The summed E-state index contributed by atoms with van der Waals surface area (Å²) in [5.74, 6) is 0. The molecule has 0 aromatic heterocycles. The normalized spacial score (nSPS) is 12.6. The van der Waals surface area contributed by atoms with Gasteiger partial charge in [-0.25, -0.2) is 0 Å². The molecular weight excluding hydrogens is 351 g/mol. The summed E-state index contributed by atoms with van der Waals surface area (Å²) in [5, 5.41) is 0. The topological polar surface area (TPSA) is 35.5 Å². The fourth-order valence-corrected chi connectivity index (χ4v) is 12.7. The average molecular weight is 394 g/mol. The minimum Gasteiger partial charge on any atom is -0.176 e. The Labute approximate surface area is 154 Å². The molecule has 0 spiro atoms. The zero-order valence-corrected chi connectivity index (χ0v) is 20.1. The molecule has 24 heavy (non-hydrogen) atoms. The van der Waals surface area contributed by atoms with E-state index in [-0.39, 0.29) is 0 Å². The van der Waals surface area contributed by atoms with Crippen molar-refractivity contribution in [3.63, 3.8) is 0 Å². The Morgan fingerprint density at radius 3 is 1.08 bits per heavy atom. The van der Waals surface area contributed by atoms with E-state index >= 15 is 0 Å². The van der Waals surface area contributed by atoms with Crippen molar-refractivity contribution in [2.75, 3.05) is 0 Å². The third kappa shape index (κ3) is 11.1. The predicted octanol–water partition coefficient (Wildman–Crippen LogP) is 8.03. The molecule has 144 valence electrons. The van der Waals surface area contributed by atoms with Crippen molar-refractivity contribution < 1.29 is 13.0 Å². The van der Waals surface area contributed by atoms with Crippen LogP contribution in [-0.2, 0) is 13.0 Å². The van der Waals surface area contributed by atoms with Crippen LogP contribution in [0.1, 0.15) is 79.1 Å². The number of hydrogen-bond donors (Lipinski definition) is 0. The number of hydrogen-bond acceptors (Lipinski definition) is 3. The molecule has 0 fully saturated rings. The number of unbranched alkanes of at least 4 members (excludes halogenated alkanes) is 4. The van der Waals surface area contributed by atoms with Gasteiger partial charge < -0.3 is 0 Å². The molecule has 0 aliphatic carbocycles. The molecule has 0 N–H and O–H groups in total. The highest BCUT2D eigenvalue weighted by Crippen LogP contribution is 2.40. The first-order chi connectivity index (χ1) is 11.3. The highest BCUT2D eigenvalue weighted by molar-refractivity contribution is 7.38. The summed E-state index contributed by atoms with van der Waals surface area (Å²) in [7, 11) is -5.76. The van der Waals surface area contributed by atoms with Gasteiger partial charge in [0.05, 0.1) is 0 Å². The van der Waals surface area contributed by atoms with Gasteiger partial charge in [-0.05, 0) is 37.3 Å². The second kappa shape index (κ2) is 13.6. The molecule has 6 heteroatoms. The van der Waals surface area contributed by atoms with Crippen molar-refractivity contribution in [1.29, 1.82) is 0 Å². The van der Waals surface area contributed by atoms with Crippen LogP contribution in [0, 0.1) is 0 Å². The Morgan fingerprint density at radius 1 is 0.625 bits per heavy atom. The van der Waals surface area contributed by atoms with Crippen LogP contribution in [0.5, 0.6) is 0 Å². The van der Waals surface area contributed by atoms with Gasteiger partial charge in [0.2, 0.25) is 0 Å². The maximum atomic E-state index is 12.7. The summed E-state index contributed by atoms with van der Waals surface area (Å²) in [6, 6.07) is 4.43. The second-order valence-electron chi connectivity index (χ2n) is 7.72. The van der Waals surface area contributed by atoms with Crippen LogP contribution in [0.25, 0.3) is 0 Å². The number of rotatable bonds is 16. The lowest BCUT2D eigenvalue weighted by Gasteiger charge is -2.23. The summed E-state index contributed by atoms with van der Waals surface area (Å²) >= 11 is 0. The van der Waals surface area contributed by atoms with Crippen molar-refractivity contribution >= 4 is 24.9 Å². The van der Waals surface area contributed by atoms with Gasteiger partial charge in [-0.1, -0.05) is 79.1 Å². The first-order valence-electron chi connectivity index (χ1n) is 10.2. The van der Waals surface area contributed by atoms with E-state index in [2.05, 4.69) is 40.8 Å². The van der Waals surface area contributed by atoms with E-state index in [1.54, 1.807) is 0 Å². The highest BCUT2D eigenvalue weighted by atomic mass is 31.1. The van der Waals surface area contributed by atoms with Gasteiger partial charge in [0.15, 0.2) is 0 Å². The van der Waals surface area contributed by atoms with Crippen LogP contribution in [0.2, 0.25) is 37.3 Å². The van der Waals surface area contributed by atoms with Crippen molar-refractivity contribution in [3.8, 4) is 0 Å². The lowest BCUT2D eigenvalue weighted by atomic mass is 10.4. The van der Waals surface area contributed by atoms with Crippen molar-refractivity contribution in [2.24, 2.45) is 0 Å². The van der Waals surface area contributed by atoms with E-state index in [4.69, 9.17) is 8.43 Å². The van der Waals surface area contributed by atoms with E-state index in [1.165, 1.54) is 51.4 Å². The minimum absolute atomic E-state index is 1.11. The van der Waals surface area contributed by atoms with Crippen LogP contribution in [0.4, 0.5) is 0 Å². The van der Waals surface area contributed by atoms with E-state index in [0.717, 1.165) is 24.2 Å². The van der Waals surface area contributed by atoms with Gasteiger partial charge in [-0.3, -0.25) is 0 Å². The summed E-state index contributed by atoms with van der Waals surface area (Å²) in [4.78, 5) is 0. The summed E-state index contributed by atoms with van der Waals surface area (Å²) in [6.07, 6.45) is 9.41. The third-order valence-electron chi connectivity index (χ3n) is 4.83. The van der Waals surface area contributed by atoms with E-state index in [1.807, 2.05) is 0 Å². The molecule has 0 amide bonds. The molecule has 0 atom stereocenters. The van der Waals surface area contributed by atoms with Crippen molar-refractivity contribution in [2.45, 2.75) is 116 Å². The minimum atomic E-state index is -1.95. The standard InChI is InChI=1S/C18H42O3PSi2/c1-7-11-15-23(5,16-12-8-2)20-22(19)21-24(6,17-13-9-3)18-14-10-4/h7-18H2,1-6H3/q+1. The summed E-state index contributed by atoms with van der Waals surface area (Å²) in [6.45, 7) is 13.4. The first-order valence-corrected chi connectivity index (χ1v) is 16.9. The van der Waals surface area contributed by atoms with Crippen LogP contribution >= 0.6 is 8.25 Å². The van der Waals surface area contributed by atoms with Gasteiger partial charge in [0.25, 0.3) is 16.6 Å². The molecule has 0 rings (SSSR count). The molecule has 0 aliphatic heterocycles. The molecule has 0 unspecified atom stereocenters. The highest BCUT2D eigenvalue weighted by Gasteiger charge is 2.45. The fourth-order valence-electron chi connectivity index (χ4n) is 3.01. The van der Waals surface area contributed by atoms with Crippen LogP contribution in [0.3, 0.4) is 0 Å². The first kappa shape index (κ1) is 24.5. The average Bonchev–Trinajstić information content (AvgIpc) is 2.54. The molecule has 0 radical (unpaired) electrons. The largest absolute Gasteiger partial charge is 0.673 e. The fraction of sp³-hybridized carbons (Fsp3) is 1.00. The predicted molar refractivity (Wildman–Crippen MR) is 112 cm³/mol. The monoisotopic (exact) mass is 393 g/mol. The van der Waals surface area contributed by atoms with Gasteiger partial charge in [-0.2, -0.15) is 8.43 Å². The van der Waals surface area contributed by atoms with Gasteiger partial charge in [0, 0.05) is 4.57 Å². The zero-order valence-electron chi connectivity index (χ0n) is 17.2. The van der Waals surface area contributed by atoms with Gasteiger partial charge in [0.1, 0.15) is 0 Å². The molecule has 0 saturated carbocycles. The molecule has 0 aromatic rings. The Hall–Kier alpha value is 0.454. The van der Waals surface area contributed by atoms with Gasteiger partial charge >= 0.3 is 8.25 Å². The molecule has 0 aliphatic rings. The van der Waals surface area contributed by atoms with E-state index in [0.29, 0.717) is 0 Å². The smallest absolute Gasteiger partial charge is 0.176 e. The second-order valence-corrected chi connectivity index (χ2v) is 17.4. The Morgan fingerprint density at radius 2 is 0.875 bits per heavy atom. The van der Waals surface area contributed by atoms with Crippen LogP contribution in [0.15, 0.2) is 0 Å². The third-order valence-corrected chi connectivity index (χ3v) is 15.2. The Bertz CT molecular complexity index is 294. The quantitative estimate of drug-likeness (QED) is 0.197. The molecular formula is C18H42O3PSi2+. The molecule has 0 aromatic carbocycles. The Balaban J connectivity index is 4.78. The molecule has 0 heterocycles. The summed E-state index contributed by atoms with van der Waals surface area (Å²) in [5.41, 5.74) is 0. The Kier molecular flexibility index (Phi) is 13.9. The maximum absolute atomic E-state index is 12.7. The van der Waals surface area contributed by atoms with E-state index in [9.17, 15) is 4.57 Å². The molecule has 0 bridgehead atoms. The maximum Gasteiger partial charge on any atom is 0.673 e. The lowest BCUT2D eigenvalue weighted by molar-refractivity contribution is 0.399.